The molecule has 0 bridgehead atoms. The van der Waals surface area contributed by atoms with Crippen LogP contribution in [-0.4, -0.2) is 12.5 Å². The van der Waals surface area contributed by atoms with Crippen LogP contribution in [0.4, 0.5) is 0 Å². The molecule has 1 fully saturated rings. The van der Waals surface area contributed by atoms with Crippen LogP contribution < -0.4 is 11.1 Å². The van der Waals surface area contributed by atoms with Gasteiger partial charge in [-0.15, -0.1) is 0 Å². The van der Waals surface area contributed by atoms with Crippen LogP contribution in [0.15, 0.2) is 24.3 Å². The highest BCUT2D eigenvalue weighted by molar-refractivity contribution is 5.78. The molecule has 0 saturated heterocycles. The van der Waals surface area contributed by atoms with Crippen molar-refractivity contribution < 1.29 is 4.79 Å². The third-order valence-corrected chi connectivity index (χ3v) is 4.07. The van der Waals surface area contributed by atoms with Crippen molar-refractivity contribution in [3.05, 3.63) is 35.4 Å². The van der Waals surface area contributed by atoms with Gasteiger partial charge in [-0.25, -0.2) is 0 Å². The summed E-state index contributed by atoms with van der Waals surface area (Å²) in [4.78, 5) is 12.1. The van der Waals surface area contributed by atoms with Gasteiger partial charge in [0, 0.05) is 12.5 Å². The number of nitriles is 1. The predicted octanol–water partition coefficient (Wildman–Crippen LogP) is 1.94. The minimum absolute atomic E-state index is 0.122. The standard InChI is InChI=1S/C16H21N3O/c17-9-12-4-6-15(7-5-12)16(20)19-11-14-3-1-2-13(8-14)10-18/h1-3,8,12,15H,4-7,9,11,17H2,(H,19,20). The van der Waals surface area contributed by atoms with Gasteiger partial charge in [-0.1, -0.05) is 12.1 Å². The van der Waals surface area contributed by atoms with Crippen molar-refractivity contribution in [1.29, 1.82) is 5.26 Å². The molecular formula is C16H21N3O. The Morgan fingerprint density at radius 1 is 1.35 bits per heavy atom. The third-order valence-electron chi connectivity index (χ3n) is 4.07. The molecule has 1 amide bonds. The second-order valence-electron chi connectivity index (χ2n) is 5.48. The van der Waals surface area contributed by atoms with Crippen molar-refractivity contribution in [1.82, 2.24) is 5.32 Å². The number of hydrogen-bond acceptors (Lipinski definition) is 3. The first-order valence-electron chi connectivity index (χ1n) is 7.19. The quantitative estimate of drug-likeness (QED) is 0.878. The molecule has 2 rings (SSSR count). The number of amides is 1. The van der Waals surface area contributed by atoms with Crippen LogP contribution in [0.5, 0.6) is 0 Å². The largest absolute Gasteiger partial charge is 0.352 e. The van der Waals surface area contributed by atoms with Crippen LogP contribution in [0.2, 0.25) is 0 Å². The summed E-state index contributed by atoms with van der Waals surface area (Å²) in [5.74, 6) is 0.839. The maximum absolute atomic E-state index is 12.1. The lowest BCUT2D eigenvalue weighted by atomic mass is 9.81. The lowest BCUT2D eigenvalue weighted by Gasteiger charge is -2.26. The molecule has 0 unspecified atom stereocenters. The molecule has 0 heterocycles. The van der Waals surface area contributed by atoms with Gasteiger partial charge in [0.25, 0.3) is 0 Å². The molecule has 3 N–H and O–H groups in total. The molecule has 0 radical (unpaired) electrons. The van der Waals surface area contributed by atoms with Crippen molar-refractivity contribution in [2.45, 2.75) is 32.2 Å². The van der Waals surface area contributed by atoms with E-state index in [-0.39, 0.29) is 11.8 Å². The fourth-order valence-electron chi connectivity index (χ4n) is 2.74. The van der Waals surface area contributed by atoms with Gasteiger partial charge in [-0.3, -0.25) is 4.79 Å². The molecule has 1 saturated carbocycles. The number of carbonyl (C=O) groups excluding carboxylic acids is 1. The highest BCUT2D eigenvalue weighted by Gasteiger charge is 2.25. The molecular weight excluding hydrogens is 250 g/mol. The zero-order chi connectivity index (χ0) is 14.4. The summed E-state index contributed by atoms with van der Waals surface area (Å²) in [5.41, 5.74) is 7.25. The summed E-state index contributed by atoms with van der Waals surface area (Å²) in [7, 11) is 0. The van der Waals surface area contributed by atoms with Crippen LogP contribution in [0, 0.1) is 23.2 Å². The highest BCUT2D eigenvalue weighted by atomic mass is 16.1. The molecule has 0 atom stereocenters. The predicted molar refractivity (Wildman–Crippen MR) is 77.5 cm³/mol. The van der Waals surface area contributed by atoms with Crippen LogP contribution in [0.1, 0.15) is 36.8 Å². The zero-order valence-corrected chi connectivity index (χ0v) is 11.6. The van der Waals surface area contributed by atoms with E-state index >= 15 is 0 Å². The average Bonchev–Trinajstić information content (AvgIpc) is 2.53. The van der Waals surface area contributed by atoms with E-state index in [2.05, 4.69) is 11.4 Å². The SMILES string of the molecule is N#Cc1cccc(CNC(=O)C2CCC(CN)CC2)c1. The van der Waals surface area contributed by atoms with E-state index < -0.39 is 0 Å². The second kappa shape index (κ2) is 7.06. The summed E-state index contributed by atoms with van der Waals surface area (Å²) in [6.45, 7) is 1.22. The van der Waals surface area contributed by atoms with Gasteiger partial charge >= 0.3 is 0 Å². The normalized spacial score (nSPS) is 22.0. The monoisotopic (exact) mass is 271 g/mol. The van der Waals surface area contributed by atoms with E-state index in [1.165, 1.54) is 0 Å². The van der Waals surface area contributed by atoms with E-state index in [9.17, 15) is 4.79 Å². The topological polar surface area (TPSA) is 78.9 Å². The molecule has 20 heavy (non-hydrogen) atoms. The van der Waals surface area contributed by atoms with Crippen molar-refractivity contribution in [3.63, 3.8) is 0 Å². The summed E-state index contributed by atoms with van der Waals surface area (Å²) in [5, 5.41) is 11.8. The molecule has 4 heteroatoms. The number of nitrogens with zero attached hydrogens (tertiary/aromatic N) is 1. The third kappa shape index (κ3) is 3.82. The van der Waals surface area contributed by atoms with Crippen molar-refractivity contribution >= 4 is 5.91 Å². The first-order valence-corrected chi connectivity index (χ1v) is 7.19. The van der Waals surface area contributed by atoms with E-state index in [4.69, 9.17) is 11.0 Å². The molecule has 106 valence electrons. The molecule has 0 aromatic heterocycles. The summed E-state index contributed by atoms with van der Waals surface area (Å²) in [6, 6.07) is 9.44. The van der Waals surface area contributed by atoms with Crippen LogP contribution in [-0.2, 0) is 11.3 Å². The molecule has 0 spiro atoms. The molecule has 1 aliphatic rings. The fraction of sp³-hybridized carbons (Fsp3) is 0.500. The fourth-order valence-corrected chi connectivity index (χ4v) is 2.74. The molecule has 0 aliphatic heterocycles. The number of nitrogens with one attached hydrogen (secondary N) is 1. The molecule has 1 aromatic carbocycles. The van der Waals surface area contributed by atoms with Gasteiger partial charge in [0.15, 0.2) is 0 Å². The Balaban J connectivity index is 1.82. The Morgan fingerprint density at radius 3 is 2.75 bits per heavy atom. The smallest absolute Gasteiger partial charge is 0.223 e. The summed E-state index contributed by atoms with van der Waals surface area (Å²) in [6.07, 6.45) is 3.98. The minimum atomic E-state index is 0.122. The van der Waals surface area contributed by atoms with Gasteiger partial charge in [-0.2, -0.15) is 5.26 Å². The molecule has 1 aliphatic carbocycles. The van der Waals surface area contributed by atoms with E-state index in [1.807, 2.05) is 18.2 Å². The maximum atomic E-state index is 12.1. The minimum Gasteiger partial charge on any atom is -0.352 e. The van der Waals surface area contributed by atoms with Crippen molar-refractivity contribution in [3.8, 4) is 6.07 Å². The lowest BCUT2D eigenvalue weighted by molar-refractivity contribution is -0.126. The van der Waals surface area contributed by atoms with Crippen LogP contribution in [0.25, 0.3) is 0 Å². The maximum Gasteiger partial charge on any atom is 0.223 e. The first kappa shape index (κ1) is 14.5. The summed E-state index contributed by atoms with van der Waals surface area (Å²) >= 11 is 0. The Morgan fingerprint density at radius 2 is 2.10 bits per heavy atom. The van der Waals surface area contributed by atoms with Gasteiger partial charge in [0.1, 0.15) is 0 Å². The average molecular weight is 271 g/mol. The van der Waals surface area contributed by atoms with Crippen molar-refractivity contribution in [2.24, 2.45) is 17.6 Å². The highest BCUT2D eigenvalue weighted by Crippen LogP contribution is 2.28. The van der Waals surface area contributed by atoms with Gasteiger partial charge < -0.3 is 11.1 Å². The van der Waals surface area contributed by atoms with E-state index in [0.717, 1.165) is 37.8 Å². The lowest BCUT2D eigenvalue weighted by Crippen LogP contribution is -2.33. The summed E-state index contributed by atoms with van der Waals surface area (Å²) < 4.78 is 0. The molecule has 4 nitrogen and oxygen atoms in total. The number of nitrogens with two attached hydrogens (primary N) is 1. The van der Waals surface area contributed by atoms with Gasteiger partial charge in [0.05, 0.1) is 11.6 Å². The number of hydrogen-bond donors (Lipinski definition) is 2. The Kier molecular flexibility index (Phi) is 5.14. The Bertz CT molecular complexity index is 499. The Labute approximate surface area is 120 Å². The van der Waals surface area contributed by atoms with Crippen molar-refractivity contribution in [2.75, 3.05) is 6.54 Å². The number of benzene rings is 1. The Hall–Kier alpha value is -1.86. The number of rotatable bonds is 4. The van der Waals surface area contributed by atoms with E-state index in [0.29, 0.717) is 18.0 Å². The molecule has 1 aromatic rings. The van der Waals surface area contributed by atoms with Gasteiger partial charge in [0.2, 0.25) is 5.91 Å². The number of carbonyl (C=O) groups is 1. The zero-order valence-electron chi connectivity index (χ0n) is 11.6. The van der Waals surface area contributed by atoms with E-state index in [1.54, 1.807) is 6.07 Å². The second-order valence-corrected chi connectivity index (χ2v) is 5.48. The van der Waals surface area contributed by atoms with Gasteiger partial charge in [-0.05, 0) is 55.8 Å². The first-order chi connectivity index (χ1) is 9.72. The van der Waals surface area contributed by atoms with Crippen LogP contribution in [0.3, 0.4) is 0 Å². The van der Waals surface area contributed by atoms with Crippen LogP contribution >= 0.6 is 0 Å².